The molecule has 0 spiro atoms. The molecule has 2 heterocycles. The number of nitrogens with one attached hydrogen (secondary N) is 1. The molecule has 6 nitrogen and oxygen atoms in total. The average molecular weight is 377 g/mol. The number of carbonyl (C=O) groups is 1. The van der Waals surface area contributed by atoms with Gasteiger partial charge in [0.2, 0.25) is 5.91 Å². The summed E-state index contributed by atoms with van der Waals surface area (Å²) < 4.78 is 7.13. The molecule has 1 aromatic carbocycles. The lowest BCUT2D eigenvalue weighted by Crippen LogP contribution is -2.28. The highest BCUT2D eigenvalue weighted by atomic mass is 35.5. The van der Waals surface area contributed by atoms with Crippen LogP contribution in [0.25, 0.3) is 11.6 Å². The first-order valence-electron chi connectivity index (χ1n) is 7.65. The molecular weight excluding hydrogens is 360 g/mol. The van der Waals surface area contributed by atoms with Crippen LogP contribution in [0.3, 0.4) is 0 Å². The number of hydrogen-bond acceptors (Lipinski definition) is 5. The van der Waals surface area contributed by atoms with Crippen molar-refractivity contribution in [2.24, 2.45) is 7.05 Å². The molecule has 3 aromatic rings. The molecule has 3 rings (SSSR count). The minimum absolute atomic E-state index is 0.0833. The van der Waals surface area contributed by atoms with E-state index in [-0.39, 0.29) is 17.7 Å². The Bertz CT molecular complexity index is 863. The van der Waals surface area contributed by atoms with Crippen molar-refractivity contribution in [3.8, 4) is 11.6 Å². The van der Waals surface area contributed by atoms with E-state index in [1.54, 1.807) is 23.0 Å². The second kappa shape index (κ2) is 7.76. The van der Waals surface area contributed by atoms with Crippen LogP contribution >= 0.6 is 23.4 Å². The molecule has 0 radical (unpaired) electrons. The van der Waals surface area contributed by atoms with E-state index in [1.165, 1.54) is 11.8 Å². The summed E-state index contributed by atoms with van der Waals surface area (Å²) in [6.07, 6.45) is 1.58. The number of aromatic nitrogens is 3. The Kier molecular flexibility index (Phi) is 5.45. The number of rotatable bonds is 6. The van der Waals surface area contributed by atoms with Crippen LogP contribution in [-0.4, -0.2) is 26.4 Å². The highest BCUT2D eigenvalue weighted by Gasteiger charge is 2.15. The number of halogens is 1. The van der Waals surface area contributed by atoms with E-state index in [0.717, 1.165) is 5.56 Å². The van der Waals surface area contributed by atoms with Gasteiger partial charge in [-0.3, -0.25) is 4.79 Å². The monoisotopic (exact) mass is 376 g/mol. The minimum atomic E-state index is -0.120. The topological polar surface area (TPSA) is 73.0 Å². The Morgan fingerprint density at radius 3 is 2.92 bits per heavy atom. The van der Waals surface area contributed by atoms with Gasteiger partial charge in [-0.15, -0.1) is 10.2 Å². The number of nitrogens with zero attached hydrogens (tertiary/aromatic N) is 3. The van der Waals surface area contributed by atoms with Gasteiger partial charge in [0.1, 0.15) is 0 Å². The zero-order valence-corrected chi connectivity index (χ0v) is 15.3. The predicted octanol–water partition coefficient (Wildman–Crippen LogP) is 3.70. The van der Waals surface area contributed by atoms with Crippen LogP contribution in [0, 0.1) is 0 Å². The van der Waals surface area contributed by atoms with Gasteiger partial charge in [-0.25, -0.2) is 0 Å². The fourth-order valence-corrected chi connectivity index (χ4v) is 3.25. The second-order valence-electron chi connectivity index (χ2n) is 5.48. The quantitative estimate of drug-likeness (QED) is 0.664. The summed E-state index contributed by atoms with van der Waals surface area (Å²) in [5.41, 5.74) is 0.963. The first kappa shape index (κ1) is 17.6. The van der Waals surface area contributed by atoms with E-state index < -0.39 is 0 Å². The summed E-state index contributed by atoms with van der Waals surface area (Å²) in [5, 5.41) is 12.5. The maximum atomic E-state index is 12.2. The third-order valence-corrected chi connectivity index (χ3v) is 4.89. The molecule has 1 atom stereocenters. The van der Waals surface area contributed by atoms with Crippen LogP contribution in [0.5, 0.6) is 0 Å². The van der Waals surface area contributed by atoms with Crippen molar-refractivity contribution in [2.75, 3.05) is 5.75 Å². The number of furan rings is 1. The second-order valence-corrected chi connectivity index (χ2v) is 6.85. The molecule has 1 amide bonds. The minimum Gasteiger partial charge on any atom is -0.461 e. The lowest BCUT2D eigenvalue weighted by Gasteiger charge is -2.14. The summed E-state index contributed by atoms with van der Waals surface area (Å²) in [5.74, 6) is 1.43. The first-order valence-corrected chi connectivity index (χ1v) is 9.02. The molecule has 0 saturated carbocycles. The summed E-state index contributed by atoms with van der Waals surface area (Å²) >= 11 is 7.31. The van der Waals surface area contributed by atoms with E-state index in [1.807, 2.05) is 38.2 Å². The van der Waals surface area contributed by atoms with Crippen LogP contribution in [-0.2, 0) is 11.8 Å². The average Bonchev–Trinajstić information content (AvgIpc) is 3.22. The zero-order valence-electron chi connectivity index (χ0n) is 13.8. The van der Waals surface area contributed by atoms with Crippen molar-refractivity contribution in [1.29, 1.82) is 0 Å². The Hall–Kier alpha value is -2.25. The Morgan fingerprint density at radius 2 is 2.20 bits per heavy atom. The van der Waals surface area contributed by atoms with Gasteiger partial charge in [-0.1, -0.05) is 35.5 Å². The fraction of sp³-hybridized carbons (Fsp3) is 0.235. The predicted molar refractivity (Wildman–Crippen MR) is 97.4 cm³/mol. The van der Waals surface area contributed by atoms with E-state index in [4.69, 9.17) is 16.0 Å². The SMILES string of the molecule is C[C@@H](NC(=O)CSc1nnc(-c2ccco2)n1C)c1cccc(Cl)c1. The molecule has 0 aliphatic carbocycles. The Labute approximate surface area is 154 Å². The highest BCUT2D eigenvalue weighted by molar-refractivity contribution is 7.99. The molecule has 1 N–H and O–H groups in total. The van der Waals surface area contributed by atoms with Gasteiger partial charge in [0.05, 0.1) is 18.1 Å². The van der Waals surface area contributed by atoms with Crippen molar-refractivity contribution in [3.05, 3.63) is 53.2 Å². The number of hydrogen-bond donors (Lipinski definition) is 1. The van der Waals surface area contributed by atoms with E-state index in [2.05, 4.69) is 15.5 Å². The number of carbonyl (C=O) groups excluding carboxylic acids is 1. The number of thioether (sulfide) groups is 1. The lowest BCUT2D eigenvalue weighted by atomic mass is 10.1. The lowest BCUT2D eigenvalue weighted by molar-refractivity contribution is -0.119. The Balaban J connectivity index is 1.58. The highest BCUT2D eigenvalue weighted by Crippen LogP contribution is 2.23. The van der Waals surface area contributed by atoms with E-state index in [0.29, 0.717) is 21.8 Å². The molecule has 8 heteroatoms. The van der Waals surface area contributed by atoms with Gasteiger partial charge in [0.25, 0.3) is 0 Å². The van der Waals surface area contributed by atoms with Gasteiger partial charge < -0.3 is 14.3 Å². The molecule has 0 saturated heterocycles. The molecular formula is C17H17ClN4O2S. The first-order chi connectivity index (χ1) is 12.0. The van der Waals surface area contributed by atoms with Crippen molar-refractivity contribution in [1.82, 2.24) is 20.1 Å². The van der Waals surface area contributed by atoms with Gasteiger partial charge in [-0.05, 0) is 36.8 Å². The van der Waals surface area contributed by atoms with Crippen molar-refractivity contribution in [3.63, 3.8) is 0 Å². The van der Waals surface area contributed by atoms with Crippen LogP contribution in [0.1, 0.15) is 18.5 Å². The molecule has 0 bridgehead atoms. The van der Waals surface area contributed by atoms with E-state index >= 15 is 0 Å². The van der Waals surface area contributed by atoms with Gasteiger partial charge >= 0.3 is 0 Å². The Morgan fingerprint density at radius 1 is 1.36 bits per heavy atom. The maximum Gasteiger partial charge on any atom is 0.230 e. The molecule has 0 unspecified atom stereocenters. The van der Waals surface area contributed by atoms with Crippen LogP contribution in [0.2, 0.25) is 5.02 Å². The van der Waals surface area contributed by atoms with Gasteiger partial charge in [-0.2, -0.15) is 0 Å². The molecule has 0 fully saturated rings. The van der Waals surface area contributed by atoms with Gasteiger partial charge in [0.15, 0.2) is 16.7 Å². The number of benzene rings is 1. The normalized spacial score (nSPS) is 12.1. The van der Waals surface area contributed by atoms with Crippen molar-refractivity contribution >= 4 is 29.3 Å². The summed E-state index contributed by atoms with van der Waals surface area (Å²) in [6, 6.07) is 10.9. The summed E-state index contributed by atoms with van der Waals surface area (Å²) in [4.78, 5) is 12.2. The molecule has 130 valence electrons. The number of amides is 1. The third kappa shape index (κ3) is 4.24. The van der Waals surface area contributed by atoms with Crippen LogP contribution in [0.15, 0.2) is 52.2 Å². The largest absolute Gasteiger partial charge is 0.461 e. The standard InChI is InChI=1S/C17H17ClN4O2S/c1-11(12-5-3-6-13(18)9-12)19-15(23)10-25-17-21-20-16(22(17)2)14-7-4-8-24-14/h3-9,11H,10H2,1-2H3,(H,19,23)/t11-/m1/s1. The molecule has 2 aromatic heterocycles. The van der Waals surface area contributed by atoms with Gasteiger partial charge in [0, 0.05) is 12.1 Å². The third-order valence-electron chi connectivity index (χ3n) is 3.63. The molecule has 25 heavy (non-hydrogen) atoms. The molecule has 0 aliphatic rings. The fourth-order valence-electron chi connectivity index (χ4n) is 2.33. The molecule has 0 aliphatic heterocycles. The summed E-state index contributed by atoms with van der Waals surface area (Å²) in [6.45, 7) is 1.92. The summed E-state index contributed by atoms with van der Waals surface area (Å²) in [7, 11) is 1.84. The smallest absolute Gasteiger partial charge is 0.230 e. The van der Waals surface area contributed by atoms with Crippen LogP contribution in [0.4, 0.5) is 0 Å². The van der Waals surface area contributed by atoms with Crippen LogP contribution < -0.4 is 5.32 Å². The van der Waals surface area contributed by atoms with Crippen molar-refractivity contribution < 1.29 is 9.21 Å². The van der Waals surface area contributed by atoms with E-state index in [9.17, 15) is 4.79 Å². The zero-order chi connectivity index (χ0) is 17.8. The van der Waals surface area contributed by atoms with Crippen molar-refractivity contribution in [2.45, 2.75) is 18.1 Å². The maximum absolute atomic E-state index is 12.2.